The van der Waals surface area contributed by atoms with Crippen molar-refractivity contribution in [3.05, 3.63) is 30.7 Å². The first-order valence-corrected chi connectivity index (χ1v) is 5.76. The minimum Gasteiger partial charge on any atom is -0.476 e. The second-order valence-corrected chi connectivity index (χ2v) is 4.06. The Kier molecular flexibility index (Phi) is 3.88. The van der Waals surface area contributed by atoms with Crippen molar-refractivity contribution in [3.8, 4) is 0 Å². The zero-order chi connectivity index (χ0) is 13.0. The summed E-state index contributed by atoms with van der Waals surface area (Å²) in [5.41, 5.74) is -0.0688. The van der Waals surface area contributed by atoms with E-state index in [0.717, 1.165) is 19.4 Å². The molecule has 1 aromatic heterocycles. The summed E-state index contributed by atoms with van der Waals surface area (Å²) in [6.07, 6.45) is 6.28. The summed E-state index contributed by atoms with van der Waals surface area (Å²) in [5, 5.41) is 11.9. The highest BCUT2D eigenvalue weighted by Crippen LogP contribution is 2.18. The molecule has 6 nitrogen and oxygen atoms in total. The Morgan fingerprint density at radius 1 is 1.56 bits per heavy atom. The molecule has 0 radical (unpaired) electrons. The Morgan fingerprint density at radius 3 is 3.00 bits per heavy atom. The molecule has 0 unspecified atom stereocenters. The Balaban J connectivity index is 2.03. The van der Waals surface area contributed by atoms with Crippen LogP contribution in [-0.2, 0) is 4.74 Å². The predicted molar refractivity (Wildman–Crippen MR) is 65.6 cm³/mol. The normalized spacial score (nSPS) is 23.3. The van der Waals surface area contributed by atoms with Crippen molar-refractivity contribution in [1.29, 1.82) is 0 Å². The highest BCUT2D eigenvalue weighted by Gasteiger charge is 2.23. The first kappa shape index (κ1) is 12.5. The van der Waals surface area contributed by atoms with E-state index in [0.29, 0.717) is 5.82 Å². The molecule has 1 aliphatic rings. The molecule has 0 saturated carbocycles. The number of rotatable bonds is 4. The Morgan fingerprint density at radius 2 is 2.39 bits per heavy atom. The number of anilines is 1. The number of carboxylic acids is 1. The third kappa shape index (κ3) is 2.84. The molecule has 0 amide bonds. The minimum absolute atomic E-state index is 0.0558. The van der Waals surface area contributed by atoms with Crippen LogP contribution in [0.3, 0.4) is 0 Å². The van der Waals surface area contributed by atoms with Crippen LogP contribution in [0.2, 0.25) is 0 Å². The van der Waals surface area contributed by atoms with Gasteiger partial charge in [-0.05, 0) is 12.8 Å². The number of hydrogen-bond donors (Lipinski definition) is 2. The highest BCUT2D eigenvalue weighted by atomic mass is 16.5. The molecular weight excluding hydrogens is 234 g/mol. The molecule has 0 spiro atoms. The third-order valence-corrected chi connectivity index (χ3v) is 2.80. The van der Waals surface area contributed by atoms with Crippen molar-refractivity contribution in [2.24, 2.45) is 0 Å². The van der Waals surface area contributed by atoms with Crippen LogP contribution in [0.5, 0.6) is 0 Å². The lowest BCUT2D eigenvalue weighted by Gasteiger charge is -2.30. The van der Waals surface area contributed by atoms with E-state index in [9.17, 15) is 4.79 Å². The van der Waals surface area contributed by atoms with Crippen molar-refractivity contribution in [1.82, 2.24) is 9.97 Å². The maximum absolute atomic E-state index is 10.6. The van der Waals surface area contributed by atoms with E-state index in [4.69, 9.17) is 9.84 Å². The second-order valence-electron chi connectivity index (χ2n) is 4.06. The van der Waals surface area contributed by atoms with Crippen molar-refractivity contribution >= 4 is 11.8 Å². The van der Waals surface area contributed by atoms with Crippen LogP contribution in [0, 0.1) is 0 Å². The van der Waals surface area contributed by atoms with Crippen LogP contribution in [0.4, 0.5) is 5.82 Å². The van der Waals surface area contributed by atoms with Crippen molar-refractivity contribution in [3.63, 3.8) is 0 Å². The maximum atomic E-state index is 10.6. The molecule has 2 N–H and O–H groups in total. The smallest absolute Gasteiger partial charge is 0.356 e. The first-order chi connectivity index (χ1) is 8.70. The number of ether oxygens (including phenoxy) is 1. The van der Waals surface area contributed by atoms with Gasteiger partial charge in [-0.3, -0.25) is 0 Å². The highest BCUT2D eigenvalue weighted by molar-refractivity contribution is 5.84. The van der Waals surface area contributed by atoms with Crippen LogP contribution in [0.1, 0.15) is 23.3 Å². The third-order valence-electron chi connectivity index (χ3n) is 2.80. The monoisotopic (exact) mass is 249 g/mol. The lowest BCUT2D eigenvalue weighted by atomic mass is 10.0. The zero-order valence-electron chi connectivity index (χ0n) is 9.87. The molecule has 2 rings (SSSR count). The molecule has 1 fully saturated rings. The van der Waals surface area contributed by atoms with E-state index in [1.807, 2.05) is 0 Å². The van der Waals surface area contributed by atoms with Gasteiger partial charge >= 0.3 is 5.97 Å². The van der Waals surface area contributed by atoms with Crippen molar-refractivity contribution < 1.29 is 14.6 Å². The number of aromatic nitrogens is 2. The molecule has 2 heterocycles. The average Bonchev–Trinajstić information content (AvgIpc) is 2.40. The van der Waals surface area contributed by atoms with Crippen LogP contribution in [0.25, 0.3) is 0 Å². The lowest BCUT2D eigenvalue weighted by molar-refractivity contribution is 0.0374. The quantitative estimate of drug-likeness (QED) is 0.783. The first-order valence-electron chi connectivity index (χ1n) is 5.76. The van der Waals surface area contributed by atoms with Gasteiger partial charge in [0.2, 0.25) is 0 Å². The van der Waals surface area contributed by atoms with Gasteiger partial charge in [0.05, 0.1) is 24.5 Å². The summed E-state index contributed by atoms with van der Waals surface area (Å²) in [6, 6.07) is 0.0984. The molecule has 0 aromatic carbocycles. The lowest BCUT2D eigenvalue weighted by Crippen LogP contribution is -2.38. The molecule has 1 aromatic rings. The van der Waals surface area contributed by atoms with Gasteiger partial charge in [-0.1, -0.05) is 6.08 Å². The SMILES string of the molecule is C=C[C@@H]1OCCC[C@H]1Nc1cnc(C(=O)O)cn1. The van der Waals surface area contributed by atoms with E-state index in [2.05, 4.69) is 21.9 Å². The fourth-order valence-electron chi connectivity index (χ4n) is 1.89. The Hall–Kier alpha value is -1.95. The second kappa shape index (κ2) is 5.59. The van der Waals surface area contributed by atoms with E-state index in [1.54, 1.807) is 6.08 Å². The van der Waals surface area contributed by atoms with Crippen LogP contribution in [-0.4, -0.2) is 39.8 Å². The number of hydrogen-bond acceptors (Lipinski definition) is 5. The summed E-state index contributed by atoms with van der Waals surface area (Å²) < 4.78 is 5.55. The Labute approximate surface area is 105 Å². The van der Waals surface area contributed by atoms with Gasteiger partial charge in [-0.15, -0.1) is 6.58 Å². The fraction of sp³-hybridized carbons (Fsp3) is 0.417. The number of nitrogens with zero attached hydrogens (tertiary/aromatic N) is 2. The average molecular weight is 249 g/mol. The van der Waals surface area contributed by atoms with E-state index < -0.39 is 5.97 Å². The number of carbonyl (C=O) groups is 1. The van der Waals surface area contributed by atoms with Gasteiger partial charge in [0.25, 0.3) is 0 Å². The fourth-order valence-corrected chi connectivity index (χ4v) is 1.89. The molecule has 1 saturated heterocycles. The summed E-state index contributed by atoms with van der Waals surface area (Å²) in [7, 11) is 0. The van der Waals surface area contributed by atoms with Gasteiger partial charge in [0.1, 0.15) is 5.82 Å². The molecule has 0 bridgehead atoms. The van der Waals surface area contributed by atoms with Crippen molar-refractivity contribution in [2.75, 3.05) is 11.9 Å². The maximum Gasteiger partial charge on any atom is 0.356 e. The largest absolute Gasteiger partial charge is 0.476 e. The van der Waals surface area contributed by atoms with Crippen LogP contribution in [0.15, 0.2) is 25.0 Å². The van der Waals surface area contributed by atoms with Crippen LogP contribution < -0.4 is 5.32 Å². The van der Waals surface area contributed by atoms with E-state index in [-0.39, 0.29) is 17.8 Å². The summed E-state index contributed by atoms with van der Waals surface area (Å²) in [6.45, 7) is 4.47. The molecule has 96 valence electrons. The van der Waals surface area contributed by atoms with Gasteiger partial charge in [0.15, 0.2) is 5.69 Å². The molecule has 0 aliphatic carbocycles. The van der Waals surface area contributed by atoms with Crippen LogP contribution >= 0.6 is 0 Å². The van der Waals surface area contributed by atoms with E-state index in [1.165, 1.54) is 12.4 Å². The topological polar surface area (TPSA) is 84.3 Å². The molecule has 6 heteroatoms. The zero-order valence-corrected chi connectivity index (χ0v) is 9.87. The number of carboxylic acid groups (broad SMARTS) is 1. The molecule has 2 atom stereocenters. The van der Waals surface area contributed by atoms with Gasteiger partial charge in [0, 0.05) is 6.61 Å². The molecule has 1 aliphatic heterocycles. The summed E-state index contributed by atoms with van der Waals surface area (Å²) in [4.78, 5) is 18.5. The number of nitrogens with one attached hydrogen (secondary N) is 1. The van der Waals surface area contributed by atoms with Gasteiger partial charge in [-0.25, -0.2) is 14.8 Å². The number of aromatic carboxylic acids is 1. The molecular formula is C12H15N3O3. The van der Waals surface area contributed by atoms with Crippen molar-refractivity contribution in [2.45, 2.75) is 25.0 Å². The van der Waals surface area contributed by atoms with E-state index >= 15 is 0 Å². The summed E-state index contributed by atoms with van der Waals surface area (Å²) >= 11 is 0. The molecule has 18 heavy (non-hydrogen) atoms. The summed E-state index contributed by atoms with van der Waals surface area (Å²) in [5.74, 6) is -0.540. The Bertz CT molecular complexity index is 433. The predicted octanol–water partition coefficient (Wildman–Crippen LogP) is 1.32. The van der Waals surface area contributed by atoms with Gasteiger partial charge in [-0.2, -0.15) is 0 Å². The van der Waals surface area contributed by atoms with Gasteiger partial charge < -0.3 is 15.2 Å². The minimum atomic E-state index is -1.08. The standard InChI is InChI=1S/C12H15N3O3/c1-2-10-8(4-3-5-18-10)15-11-7-13-9(6-14-11)12(16)17/h2,6-8,10H,1,3-5H2,(H,14,15)(H,16,17)/t8-,10+/m1/s1.